The van der Waals surface area contributed by atoms with Crippen LogP contribution in [-0.2, 0) is 4.74 Å². The Labute approximate surface area is 177 Å². The Morgan fingerprint density at radius 2 is 1.72 bits per heavy atom. The first-order chi connectivity index (χ1) is 14.3. The van der Waals surface area contributed by atoms with Crippen molar-refractivity contribution in [2.24, 2.45) is 5.92 Å². The first kappa shape index (κ1) is 21.1. The van der Waals surface area contributed by atoms with E-state index in [0.29, 0.717) is 0 Å². The standard InChI is InChI=1S/C25H40N2O2/c1-21-4-2-13-26(20-21)14-3-17-29-25-11-7-23(8-12-25)22-5-9-24(10-6-22)27-15-18-28-19-16-27/h7-8,11-12,21-22,24H,2-6,9-10,13-20H2,1H3. The van der Waals surface area contributed by atoms with E-state index >= 15 is 0 Å². The van der Waals surface area contributed by atoms with Gasteiger partial charge >= 0.3 is 0 Å². The lowest BCUT2D eigenvalue weighted by Crippen LogP contribution is -2.44. The number of likely N-dealkylation sites (tertiary alicyclic amines) is 1. The lowest BCUT2D eigenvalue weighted by molar-refractivity contribution is 0.00729. The predicted molar refractivity (Wildman–Crippen MR) is 119 cm³/mol. The van der Waals surface area contributed by atoms with Gasteiger partial charge in [-0.15, -0.1) is 0 Å². The van der Waals surface area contributed by atoms with Crippen LogP contribution in [0.2, 0.25) is 0 Å². The molecular formula is C25H40N2O2. The van der Waals surface area contributed by atoms with Crippen molar-refractivity contribution >= 4 is 0 Å². The molecule has 0 amide bonds. The molecule has 0 aromatic heterocycles. The Kier molecular flexibility index (Phi) is 7.87. The molecule has 1 atom stereocenters. The summed E-state index contributed by atoms with van der Waals surface area (Å²) in [6, 6.07) is 9.77. The maximum Gasteiger partial charge on any atom is 0.119 e. The highest BCUT2D eigenvalue weighted by Crippen LogP contribution is 2.35. The van der Waals surface area contributed by atoms with Crippen molar-refractivity contribution in [2.75, 3.05) is 52.5 Å². The van der Waals surface area contributed by atoms with Crippen LogP contribution in [0.3, 0.4) is 0 Å². The monoisotopic (exact) mass is 400 g/mol. The van der Waals surface area contributed by atoms with Crippen molar-refractivity contribution in [3.63, 3.8) is 0 Å². The number of piperidine rings is 1. The second-order valence-electron chi connectivity index (χ2n) is 9.47. The molecule has 1 aromatic carbocycles. The average molecular weight is 401 g/mol. The van der Waals surface area contributed by atoms with Crippen molar-refractivity contribution < 1.29 is 9.47 Å². The van der Waals surface area contributed by atoms with Crippen LogP contribution in [0.4, 0.5) is 0 Å². The van der Waals surface area contributed by atoms with E-state index < -0.39 is 0 Å². The van der Waals surface area contributed by atoms with Crippen molar-refractivity contribution in [1.82, 2.24) is 9.80 Å². The third kappa shape index (κ3) is 6.19. The summed E-state index contributed by atoms with van der Waals surface area (Å²) in [5.41, 5.74) is 1.50. The van der Waals surface area contributed by atoms with Gasteiger partial charge in [-0.1, -0.05) is 19.1 Å². The van der Waals surface area contributed by atoms with Crippen molar-refractivity contribution in [1.29, 1.82) is 0 Å². The van der Waals surface area contributed by atoms with Crippen LogP contribution in [0.1, 0.15) is 63.4 Å². The van der Waals surface area contributed by atoms with Crippen molar-refractivity contribution in [2.45, 2.75) is 63.8 Å². The van der Waals surface area contributed by atoms with Gasteiger partial charge in [0.05, 0.1) is 19.8 Å². The van der Waals surface area contributed by atoms with E-state index in [9.17, 15) is 0 Å². The van der Waals surface area contributed by atoms with Gasteiger partial charge < -0.3 is 14.4 Å². The van der Waals surface area contributed by atoms with Crippen LogP contribution in [0.5, 0.6) is 5.75 Å². The van der Waals surface area contributed by atoms with Crippen molar-refractivity contribution in [3.8, 4) is 5.75 Å². The maximum absolute atomic E-state index is 6.02. The third-order valence-corrected chi connectivity index (χ3v) is 7.24. The summed E-state index contributed by atoms with van der Waals surface area (Å²) in [5.74, 6) is 2.62. The molecule has 1 aromatic rings. The number of rotatable bonds is 7. The number of benzene rings is 1. The molecule has 0 bridgehead atoms. The summed E-state index contributed by atoms with van der Waals surface area (Å²) >= 11 is 0. The molecule has 162 valence electrons. The van der Waals surface area contributed by atoms with Gasteiger partial charge in [-0.2, -0.15) is 0 Å². The number of morpholine rings is 1. The summed E-state index contributed by atoms with van der Waals surface area (Å²) in [7, 11) is 0. The molecular weight excluding hydrogens is 360 g/mol. The van der Waals surface area contributed by atoms with Crippen LogP contribution in [-0.4, -0.2) is 68.4 Å². The topological polar surface area (TPSA) is 24.9 Å². The second-order valence-corrected chi connectivity index (χ2v) is 9.47. The summed E-state index contributed by atoms with van der Waals surface area (Å²) in [4.78, 5) is 5.26. The zero-order chi connectivity index (χ0) is 19.9. The maximum atomic E-state index is 6.02. The molecule has 2 aliphatic heterocycles. The summed E-state index contributed by atoms with van der Waals surface area (Å²) in [6.07, 6.45) is 9.18. The Balaban J connectivity index is 1.15. The van der Waals surface area contributed by atoms with E-state index in [-0.39, 0.29) is 0 Å². The van der Waals surface area contributed by atoms with E-state index in [4.69, 9.17) is 9.47 Å². The van der Waals surface area contributed by atoms with Crippen molar-refractivity contribution in [3.05, 3.63) is 29.8 Å². The van der Waals surface area contributed by atoms with E-state index in [1.54, 1.807) is 0 Å². The molecule has 1 aliphatic carbocycles. The Bertz CT molecular complexity index is 591. The number of ether oxygens (including phenoxy) is 2. The van der Waals surface area contributed by atoms with Gasteiger partial charge in [0.1, 0.15) is 5.75 Å². The largest absolute Gasteiger partial charge is 0.494 e. The van der Waals surface area contributed by atoms with Gasteiger partial charge in [0.25, 0.3) is 0 Å². The molecule has 0 spiro atoms. The number of nitrogens with zero attached hydrogens (tertiary/aromatic N) is 2. The molecule has 0 radical (unpaired) electrons. The normalized spacial score (nSPS) is 29.6. The summed E-state index contributed by atoms with van der Waals surface area (Å²) < 4.78 is 11.5. The molecule has 0 N–H and O–H groups in total. The minimum Gasteiger partial charge on any atom is -0.494 e. The molecule has 2 saturated heterocycles. The Morgan fingerprint density at radius 1 is 0.966 bits per heavy atom. The van der Waals surface area contributed by atoms with E-state index in [0.717, 1.165) is 63.0 Å². The lowest BCUT2D eigenvalue weighted by Gasteiger charge is -2.38. The van der Waals surface area contributed by atoms with Crippen LogP contribution in [0.25, 0.3) is 0 Å². The molecule has 4 rings (SSSR count). The molecule has 1 saturated carbocycles. The second kappa shape index (κ2) is 10.8. The van der Waals surface area contributed by atoms with Gasteiger partial charge in [0.2, 0.25) is 0 Å². The summed E-state index contributed by atoms with van der Waals surface area (Å²) in [6.45, 7) is 11.0. The minimum absolute atomic E-state index is 0.724. The van der Waals surface area contributed by atoms with Gasteiger partial charge in [-0.05, 0) is 81.0 Å². The molecule has 1 unspecified atom stereocenters. The molecule has 4 nitrogen and oxygen atoms in total. The highest BCUT2D eigenvalue weighted by Gasteiger charge is 2.27. The van der Waals surface area contributed by atoms with Crippen LogP contribution in [0, 0.1) is 5.92 Å². The highest BCUT2D eigenvalue weighted by molar-refractivity contribution is 5.29. The summed E-state index contributed by atoms with van der Waals surface area (Å²) in [5, 5.41) is 0. The molecule has 29 heavy (non-hydrogen) atoms. The quantitative estimate of drug-likeness (QED) is 0.627. The molecule has 4 heteroatoms. The van der Waals surface area contributed by atoms with Gasteiger partial charge in [-0.25, -0.2) is 0 Å². The molecule has 3 fully saturated rings. The van der Waals surface area contributed by atoms with E-state index in [1.165, 1.54) is 63.7 Å². The molecule has 2 heterocycles. The lowest BCUT2D eigenvalue weighted by atomic mass is 9.81. The predicted octanol–water partition coefficient (Wildman–Crippen LogP) is 4.55. The fraction of sp³-hybridized carbons (Fsp3) is 0.760. The minimum atomic E-state index is 0.724. The Morgan fingerprint density at radius 3 is 2.45 bits per heavy atom. The first-order valence-electron chi connectivity index (χ1n) is 12.0. The Hall–Kier alpha value is -1.10. The van der Waals surface area contributed by atoms with E-state index in [1.807, 2.05) is 0 Å². The number of hydrogen-bond donors (Lipinski definition) is 0. The fourth-order valence-corrected chi connectivity index (χ4v) is 5.52. The van der Waals surface area contributed by atoms with Crippen LogP contribution >= 0.6 is 0 Å². The van der Waals surface area contributed by atoms with E-state index in [2.05, 4.69) is 41.0 Å². The average Bonchev–Trinajstić information content (AvgIpc) is 2.78. The van der Waals surface area contributed by atoms with Gasteiger partial charge in [0.15, 0.2) is 0 Å². The van der Waals surface area contributed by atoms with Gasteiger partial charge in [0, 0.05) is 32.2 Å². The molecule has 3 aliphatic rings. The highest BCUT2D eigenvalue weighted by atomic mass is 16.5. The third-order valence-electron chi connectivity index (χ3n) is 7.24. The van der Waals surface area contributed by atoms with Crippen LogP contribution in [0.15, 0.2) is 24.3 Å². The van der Waals surface area contributed by atoms with Gasteiger partial charge in [-0.3, -0.25) is 4.90 Å². The first-order valence-corrected chi connectivity index (χ1v) is 12.0. The zero-order valence-electron chi connectivity index (χ0n) is 18.4. The SMILES string of the molecule is CC1CCCN(CCCOc2ccc(C3CCC(N4CCOCC4)CC3)cc2)C1. The fourth-order valence-electron chi connectivity index (χ4n) is 5.52. The van der Waals surface area contributed by atoms with Crippen LogP contribution < -0.4 is 4.74 Å². The smallest absolute Gasteiger partial charge is 0.119 e. The zero-order valence-corrected chi connectivity index (χ0v) is 18.4. The number of hydrogen-bond acceptors (Lipinski definition) is 4.